The highest BCUT2D eigenvalue weighted by Crippen LogP contribution is 2.28. The lowest BCUT2D eigenvalue weighted by Crippen LogP contribution is -2.37. The first-order valence-corrected chi connectivity index (χ1v) is 11.1. The van der Waals surface area contributed by atoms with Gasteiger partial charge < -0.3 is 16.0 Å². The minimum absolute atomic E-state index is 0.145. The maximum atomic E-state index is 12.9. The van der Waals surface area contributed by atoms with E-state index in [0.29, 0.717) is 13.1 Å². The zero-order valence-electron chi connectivity index (χ0n) is 16.3. The minimum Gasteiger partial charge on any atom is -0.398 e. The molecule has 7 heteroatoms. The molecule has 1 aliphatic rings. The van der Waals surface area contributed by atoms with Gasteiger partial charge in [0.15, 0.2) is 0 Å². The predicted molar refractivity (Wildman–Crippen MR) is 124 cm³/mol. The van der Waals surface area contributed by atoms with E-state index in [0.717, 1.165) is 40.1 Å². The molecule has 1 atom stereocenters. The Kier molecular flexibility index (Phi) is 5.06. The molecular formula is C23H21ClN4OS. The van der Waals surface area contributed by atoms with E-state index in [1.807, 2.05) is 41.3 Å². The number of carbonyl (C=O) groups is 1. The first-order valence-electron chi connectivity index (χ1n) is 9.90. The summed E-state index contributed by atoms with van der Waals surface area (Å²) in [7, 11) is 0. The molecule has 3 N–H and O–H groups in total. The van der Waals surface area contributed by atoms with Crippen LogP contribution < -0.4 is 11.1 Å². The number of anilines is 1. The van der Waals surface area contributed by atoms with E-state index in [4.69, 9.17) is 17.3 Å². The molecule has 4 aromatic rings. The van der Waals surface area contributed by atoms with Gasteiger partial charge in [0.25, 0.3) is 0 Å². The number of likely N-dealkylation sites (tertiary alicyclic amines) is 1. The van der Waals surface area contributed by atoms with E-state index >= 15 is 0 Å². The summed E-state index contributed by atoms with van der Waals surface area (Å²) >= 11 is 7.79. The largest absolute Gasteiger partial charge is 0.398 e. The van der Waals surface area contributed by atoms with Crippen LogP contribution in [0.4, 0.5) is 5.69 Å². The molecule has 5 rings (SSSR count). The van der Waals surface area contributed by atoms with Gasteiger partial charge in [-0.25, -0.2) is 0 Å². The van der Waals surface area contributed by atoms with Crippen molar-refractivity contribution in [2.75, 3.05) is 12.3 Å². The molecule has 0 radical (unpaired) electrons. The number of nitrogens with two attached hydrogens (primary N) is 1. The van der Waals surface area contributed by atoms with E-state index in [1.54, 1.807) is 23.6 Å². The fourth-order valence-corrected chi connectivity index (χ4v) is 5.28. The molecule has 1 aliphatic heterocycles. The van der Waals surface area contributed by atoms with Crippen LogP contribution in [0.1, 0.15) is 16.9 Å². The van der Waals surface area contributed by atoms with Gasteiger partial charge in [0.1, 0.15) is 0 Å². The number of amides is 1. The molecule has 3 heterocycles. The van der Waals surface area contributed by atoms with Crippen LogP contribution >= 0.6 is 22.9 Å². The average Bonchev–Trinajstić information content (AvgIpc) is 3.29. The Bertz CT molecular complexity index is 1250. The summed E-state index contributed by atoms with van der Waals surface area (Å²) in [6.45, 7) is 2.02. The smallest absolute Gasteiger partial charge is 0.240 e. The fraction of sp³-hybridized carbons (Fsp3) is 0.217. The maximum Gasteiger partial charge on any atom is 0.240 e. The molecule has 1 fully saturated rings. The Balaban J connectivity index is 1.23. The third-order valence-corrected chi connectivity index (χ3v) is 6.90. The molecule has 2 aromatic heterocycles. The molecule has 0 saturated carbocycles. The van der Waals surface area contributed by atoms with Crippen LogP contribution in [0.5, 0.6) is 0 Å². The molecule has 5 nitrogen and oxygen atoms in total. The molecule has 30 heavy (non-hydrogen) atoms. The first-order chi connectivity index (χ1) is 14.6. The highest BCUT2D eigenvalue weighted by molar-refractivity contribution is 7.19. The highest BCUT2D eigenvalue weighted by Gasteiger charge is 2.31. The van der Waals surface area contributed by atoms with Crippen LogP contribution in [0.25, 0.3) is 21.0 Å². The number of hydrogen-bond donors (Lipinski definition) is 2. The molecule has 0 spiro atoms. The number of halogens is 1. The van der Waals surface area contributed by atoms with Gasteiger partial charge in [0, 0.05) is 51.5 Å². The van der Waals surface area contributed by atoms with Crippen molar-refractivity contribution in [3.8, 4) is 0 Å². The van der Waals surface area contributed by atoms with Crippen molar-refractivity contribution in [2.45, 2.75) is 25.6 Å². The van der Waals surface area contributed by atoms with Crippen molar-refractivity contribution in [1.82, 2.24) is 15.2 Å². The Morgan fingerprint density at radius 2 is 2.10 bits per heavy atom. The zero-order valence-corrected chi connectivity index (χ0v) is 17.8. The number of carbonyl (C=O) groups excluding carboxylic acids is 1. The first kappa shape index (κ1) is 19.3. The number of nitrogens with zero attached hydrogens (tertiary/aromatic N) is 2. The van der Waals surface area contributed by atoms with Crippen LogP contribution in [-0.2, 0) is 17.9 Å². The third kappa shape index (κ3) is 3.74. The van der Waals surface area contributed by atoms with Crippen LogP contribution in [0.3, 0.4) is 0 Å². The number of nitrogens with one attached hydrogen (secondary N) is 1. The number of aromatic nitrogens is 1. The standard InChI is InChI=1S/C23H21ClN4OS/c24-16-3-2-15-10-17(30-22(15)11-16)12-27-20-6-8-28(23(20)29)13-14-1-4-18-19(25)5-7-26-21(18)9-14/h1-5,7,9-11,20,27H,6,8,12-13H2,(H2,25,26). The van der Waals surface area contributed by atoms with Gasteiger partial charge in [-0.1, -0.05) is 29.8 Å². The van der Waals surface area contributed by atoms with Crippen molar-refractivity contribution < 1.29 is 4.79 Å². The minimum atomic E-state index is -0.145. The Labute approximate surface area is 183 Å². The molecule has 2 aromatic carbocycles. The summed E-state index contributed by atoms with van der Waals surface area (Å²) in [5.41, 5.74) is 8.65. The van der Waals surface area contributed by atoms with Crippen molar-refractivity contribution in [1.29, 1.82) is 0 Å². The maximum absolute atomic E-state index is 12.9. The lowest BCUT2D eigenvalue weighted by molar-refractivity contribution is -0.129. The normalized spacial score (nSPS) is 16.8. The lowest BCUT2D eigenvalue weighted by atomic mass is 10.1. The van der Waals surface area contributed by atoms with Gasteiger partial charge >= 0.3 is 0 Å². The number of rotatable bonds is 5. The summed E-state index contributed by atoms with van der Waals surface area (Å²) in [5.74, 6) is 0.153. The second-order valence-corrected chi connectivity index (χ2v) is 9.23. The van der Waals surface area contributed by atoms with Crippen molar-refractivity contribution >= 4 is 55.5 Å². The van der Waals surface area contributed by atoms with Crippen molar-refractivity contribution in [3.05, 3.63) is 70.2 Å². The predicted octanol–water partition coefficient (Wildman–Crippen LogP) is 4.58. The van der Waals surface area contributed by atoms with Crippen LogP contribution in [0, 0.1) is 0 Å². The average molecular weight is 437 g/mol. The van der Waals surface area contributed by atoms with Crippen molar-refractivity contribution in [2.24, 2.45) is 0 Å². The summed E-state index contributed by atoms with van der Waals surface area (Å²) in [4.78, 5) is 20.4. The van der Waals surface area contributed by atoms with Gasteiger partial charge in [-0.15, -0.1) is 11.3 Å². The van der Waals surface area contributed by atoms with Gasteiger partial charge in [-0.2, -0.15) is 0 Å². The number of hydrogen-bond acceptors (Lipinski definition) is 5. The third-order valence-electron chi connectivity index (χ3n) is 5.57. The van der Waals surface area contributed by atoms with Gasteiger partial charge in [-0.3, -0.25) is 9.78 Å². The fourth-order valence-electron chi connectivity index (χ4n) is 3.99. The summed E-state index contributed by atoms with van der Waals surface area (Å²) in [6.07, 6.45) is 2.53. The summed E-state index contributed by atoms with van der Waals surface area (Å²) in [6, 6.07) is 15.8. The SMILES string of the molecule is Nc1ccnc2cc(CN3CCC(NCc4cc5ccc(Cl)cc5s4)C3=O)ccc12. The molecule has 1 amide bonds. The topological polar surface area (TPSA) is 71.2 Å². The van der Waals surface area contributed by atoms with Crippen LogP contribution in [0.2, 0.25) is 5.02 Å². The number of pyridine rings is 1. The van der Waals surface area contributed by atoms with E-state index in [-0.39, 0.29) is 11.9 Å². The van der Waals surface area contributed by atoms with Gasteiger partial charge in [-0.05, 0) is 47.7 Å². The van der Waals surface area contributed by atoms with E-state index in [9.17, 15) is 4.79 Å². The molecule has 1 unspecified atom stereocenters. The molecule has 1 saturated heterocycles. The quantitative estimate of drug-likeness (QED) is 0.480. The second kappa shape index (κ2) is 7.87. The number of nitrogen functional groups attached to an aromatic ring is 1. The van der Waals surface area contributed by atoms with E-state index in [1.165, 1.54) is 15.0 Å². The number of benzene rings is 2. The summed E-state index contributed by atoms with van der Waals surface area (Å²) < 4.78 is 1.17. The monoisotopic (exact) mass is 436 g/mol. The zero-order chi connectivity index (χ0) is 20.7. The van der Waals surface area contributed by atoms with E-state index in [2.05, 4.69) is 16.4 Å². The molecular weight excluding hydrogens is 416 g/mol. The molecule has 0 aliphatic carbocycles. The van der Waals surface area contributed by atoms with Gasteiger partial charge in [0.2, 0.25) is 5.91 Å². The van der Waals surface area contributed by atoms with Gasteiger partial charge in [0.05, 0.1) is 11.6 Å². The van der Waals surface area contributed by atoms with Crippen LogP contribution in [-0.4, -0.2) is 28.4 Å². The Hall–Kier alpha value is -2.67. The number of fused-ring (bicyclic) bond motifs is 2. The van der Waals surface area contributed by atoms with E-state index < -0.39 is 0 Å². The highest BCUT2D eigenvalue weighted by atomic mass is 35.5. The Morgan fingerprint density at radius 1 is 1.20 bits per heavy atom. The van der Waals surface area contributed by atoms with Crippen LogP contribution in [0.15, 0.2) is 54.7 Å². The Morgan fingerprint density at radius 3 is 3.00 bits per heavy atom. The summed E-state index contributed by atoms with van der Waals surface area (Å²) in [5, 5.41) is 6.31. The molecule has 152 valence electrons. The lowest BCUT2D eigenvalue weighted by Gasteiger charge is -2.17. The van der Waals surface area contributed by atoms with Crippen molar-refractivity contribution in [3.63, 3.8) is 0 Å². The number of thiophene rings is 1. The second-order valence-electron chi connectivity index (χ2n) is 7.63. The molecule has 0 bridgehead atoms.